The highest BCUT2D eigenvalue weighted by Gasteiger charge is 2.35. The van der Waals surface area contributed by atoms with Gasteiger partial charge in [-0.05, 0) is 24.3 Å². The van der Waals surface area contributed by atoms with E-state index >= 15 is 0 Å². The molecule has 5 nitrogen and oxygen atoms in total. The maximum atomic E-state index is 14.4. The summed E-state index contributed by atoms with van der Waals surface area (Å²) < 4.78 is 25.0. The third-order valence-corrected chi connectivity index (χ3v) is 4.62. The summed E-state index contributed by atoms with van der Waals surface area (Å²) in [7, 11) is 3.11. The van der Waals surface area contributed by atoms with E-state index in [1.54, 1.807) is 38.5 Å². The van der Waals surface area contributed by atoms with Crippen molar-refractivity contribution >= 4 is 23.2 Å². The number of methoxy groups -OCH3 is 2. The van der Waals surface area contributed by atoms with Crippen molar-refractivity contribution < 1.29 is 18.7 Å². The topological polar surface area (TPSA) is 51.1 Å². The van der Waals surface area contributed by atoms with Crippen LogP contribution in [0.1, 0.15) is 30.5 Å². The van der Waals surface area contributed by atoms with Crippen molar-refractivity contribution in [3.05, 3.63) is 58.4 Å². The number of ether oxygens (including phenoxy) is 2. The van der Waals surface area contributed by atoms with Crippen LogP contribution in [-0.2, 0) is 4.79 Å². The van der Waals surface area contributed by atoms with Crippen LogP contribution in [0.2, 0.25) is 5.02 Å². The second-order valence-electron chi connectivity index (χ2n) is 5.83. The van der Waals surface area contributed by atoms with Gasteiger partial charge in [-0.1, -0.05) is 17.7 Å². The minimum Gasteiger partial charge on any atom is -0.497 e. The first kappa shape index (κ1) is 18.2. The van der Waals surface area contributed by atoms with Gasteiger partial charge in [-0.15, -0.1) is 0 Å². The van der Waals surface area contributed by atoms with Crippen LogP contribution in [0.25, 0.3) is 0 Å². The van der Waals surface area contributed by atoms with Crippen LogP contribution in [0, 0.1) is 5.82 Å². The van der Waals surface area contributed by atoms with Crippen molar-refractivity contribution in [1.29, 1.82) is 0 Å². The van der Waals surface area contributed by atoms with Gasteiger partial charge in [0, 0.05) is 35.6 Å². The Hall–Kier alpha value is -2.60. The summed E-state index contributed by atoms with van der Waals surface area (Å²) in [5.41, 5.74) is 1.59. The Kier molecular flexibility index (Phi) is 5.13. The summed E-state index contributed by atoms with van der Waals surface area (Å²) in [4.78, 5) is 12.1. The lowest BCUT2D eigenvalue weighted by Gasteiger charge is -2.21. The molecule has 1 unspecified atom stereocenters. The molecule has 0 saturated carbocycles. The Bertz CT molecular complexity index is 865. The number of hydrazone groups is 1. The van der Waals surface area contributed by atoms with Gasteiger partial charge in [0.05, 0.1) is 26.0 Å². The van der Waals surface area contributed by atoms with Crippen LogP contribution in [0.15, 0.2) is 41.5 Å². The van der Waals surface area contributed by atoms with E-state index in [0.717, 1.165) is 5.56 Å². The number of halogens is 2. The van der Waals surface area contributed by atoms with E-state index < -0.39 is 11.9 Å². The van der Waals surface area contributed by atoms with Crippen molar-refractivity contribution in [3.63, 3.8) is 0 Å². The van der Waals surface area contributed by atoms with Crippen molar-refractivity contribution in [1.82, 2.24) is 5.01 Å². The monoisotopic (exact) mass is 376 g/mol. The van der Waals surface area contributed by atoms with Crippen molar-refractivity contribution in [2.75, 3.05) is 14.2 Å². The third kappa shape index (κ3) is 3.24. The van der Waals surface area contributed by atoms with Gasteiger partial charge < -0.3 is 9.47 Å². The van der Waals surface area contributed by atoms with Gasteiger partial charge in [0.1, 0.15) is 17.3 Å². The fraction of sp³-hybridized carbons (Fsp3) is 0.263. The first-order valence-corrected chi connectivity index (χ1v) is 8.37. The summed E-state index contributed by atoms with van der Waals surface area (Å²) in [5.74, 6) is 0.442. The molecule has 2 aromatic rings. The Morgan fingerprint density at radius 3 is 2.65 bits per heavy atom. The van der Waals surface area contributed by atoms with Gasteiger partial charge in [0.15, 0.2) is 0 Å². The van der Waals surface area contributed by atoms with E-state index in [0.29, 0.717) is 23.6 Å². The van der Waals surface area contributed by atoms with Crippen LogP contribution in [0.4, 0.5) is 4.39 Å². The van der Waals surface area contributed by atoms with Gasteiger partial charge in [-0.2, -0.15) is 5.10 Å². The van der Waals surface area contributed by atoms with Crippen LogP contribution in [0.5, 0.6) is 11.5 Å². The molecule has 1 heterocycles. The summed E-state index contributed by atoms with van der Waals surface area (Å²) in [6.45, 7) is 1.39. The number of amides is 1. The van der Waals surface area contributed by atoms with Crippen LogP contribution in [0.3, 0.4) is 0 Å². The van der Waals surface area contributed by atoms with E-state index in [9.17, 15) is 9.18 Å². The Morgan fingerprint density at radius 1 is 1.27 bits per heavy atom. The van der Waals surface area contributed by atoms with Gasteiger partial charge in [-0.3, -0.25) is 4.79 Å². The molecule has 2 aromatic carbocycles. The number of rotatable bonds is 4. The van der Waals surface area contributed by atoms with Crippen molar-refractivity contribution in [2.45, 2.75) is 19.4 Å². The number of benzene rings is 2. The zero-order valence-corrected chi connectivity index (χ0v) is 15.4. The predicted molar refractivity (Wildman–Crippen MR) is 97.4 cm³/mol. The Balaban J connectivity index is 2.04. The zero-order chi connectivity index (χ0) is 18.8. The first-order valence-electron chi connectivity index (χ1n) is 7.99. The molecule has 3 rings (SSSR count). The van der Waals surface area contributed by atoms with Crippen molar-refractivity contribution in [2.24, 2.45) is 5.10 Å². The second kappa shape index (κ2) is 7.33. The average Bonchev–Trinajstić information content (AvgIpc) is 3.06. The molecule has 0 spiro atoms. The molecule has 0 radical (unpaired) electrons. The molecule has 0 aromatic heterocycles. The standard InChI is InChI=1S/C19H18ClFN2O3/c1-11(24)23-17(19-14(20)5-4-6-15(19)21)10-16(22-23)13-8-7-12(25-2)9-18(13)26-3/h4-9,17H,10H2,1-3H3. The van der Waals surface area contributed by atoms with E-state index in [4.69, 9.17) is 21.1 Å². The number of carbonyl (C=O) groups is 1. The highest BCUT2D eigenvalue weighted by Crippen LogP contribution is 2.39. The maximum absolute atomic E-state index is 14.4. The van der Waals surface area contributed by atoms with Gasteiger partial charge in [-0.25, -0.2) is 9.40 Å². The average molecular weight is 377 g/mol. The van der Waals surface area contributed by atoms with E-state index in [2.05, 4.69) is 5.10 Å². The van der Waals surface area contributed by atoms with E-state index in [-0.39, 0.29) is 16.5 Å². The summed E-state index contributed by atoms with van der Waals surface area (Å²) in [5, 5.41) is 5.95. The SMILES string of the molecule is COc1ccc(C2=NN(C(C)=O)C(c3c(F)cccc3Cl)C2)c(OC)c1. The molecule has 0 bridgehead atoms. The summed E-state index contributed by atoms with van der Waals surface area (Å²) in [6.07, 6.45) is 0.322. The van der Waals surface area contributed by atoms with Crippen molar-refractivity contribution in [3.8, 4) is 11.5 Å². The number of carbonyl (C=O) groups excluding carboxylic acids is 1. The first-order chi connectivity index (χ1) is 12.5. The molecule has 0 fully saturated rings. The normalized spacial score (nSPS) is 16.4. The van der Waals surface area contributed by atoms with Gasteiger partial charge in [0.2, 0.25) is 5.91 Å². The number of hydrogen-bond acceptors (Lipinski definition) is 4. The fourth-order valence-corrected chi connectivity index (χ4v) is 3.34. The quantitative estimate of drug-likeness (QED) is 0.803. The molecular weight excluding hydrogens is 359 g/mol. The minimum atomic E-state index is -0.608. The van der Waals surface area contributed by atoms with E-state index in [1.807, 2.05) is 0 Å². The Morgan fingerprint density at radius 2 is 2.04 bits per heavy atom. The molecule has 1 aliphatic rings. The number of hydrogen-bond donors (Lipinski definition) is 0. The third-order valence-electron chi connectivity index (χ3n) is 4.29. The zero-order valence-electron chi connectivity index (χ0n) is 14.6. The summed E-state index contributed by atoms with van der Waals surface area (Å²) in [6, 6.07) is 9.17. The number of nitrogens with zero attached hydrogens (tertiary/aromatic N) is 2. The van der Waals surface area contributed by atoms with Crippen LogP contribution >= 0.6 is 11.6 Å². The second-order valence-corrected chi connectivity index (χ2v) is 6.24. The Labute approximate surface area is 156 Å². The van der Waals surface area contributed by atoms with Crippen LogP contribution < -0.4 is 9.47 Å². The van der Waals surface area contributed by atoms with Gasteiger partial charge in [0.25, 0.3) is 0 Å². The molecule has 26 heavy (non-hydrogen) atoms. The molecule has 1 atom stereocenters. The lowest BCUT2D eigenvalue weighted by atomic mass is 9.97. The molecular formula is C19H18ClFN2O3. The molecule has 1 aliphatic heterocycles. The maximum Gasteiger partial charge on any atom is 0.240 e. The highest BCUT2D eigenvalue weighted by molar-refractivity contribution is 6.31. The fourth-order valence-electron chi connectivity index (χ4n) is 3.05. The smallest absolute Gasteiger partial charge is 0.240 e. The molecule has 0 saturated heterocycles. The molecule has 0 N–H and O–H groups in total. The van der Waals surface area contributed by atoms with Gasteiger partial charge >= 0.3 is 0 Å². The molecule has 1 amide bonds. The predicted octanol–water partition coefficient (Wildman–Crippen LogP) is 4.19. The lowest BCUT2D eigenvalue weighted by molar-refractivity contribution is -0.130. The minimum absolute atomic E-state index is 0.260. The van der Waals surface area contributed by atoms with Crippen LogP contribution in [-0.4, -0.2) is 30.8 Å². The highest BCUT2D eigenvalue weighted by atomic mass is 35.5. The molecule has 7 heteroatoms. The lowest BCUT2D eigenvalue weighted by Crippen LogP contribution is -2.25. The molecule has 136 valence electrons. The molecule has 0 aliphatic carbocycles. The van der Waals surface area contributed by atoms with E-state index in [1.165, 1.54) is 24.1 Å². The largest absolute Gasteiger partial charge is 0.497 e. The summed E-state index contributed by atoms with van der Waals surface area (Å²) >= 11 is 6.20.